The number of aliphatic hydroxyl groups is 1. The van der Waals surface area contributed by atoms with Crippen LogP contribution in [0.2, 0.25) is 0 Å². The first-order chi connectivity index (χ1) is 15.2. The molecule has 0 saturated carbocycles. The van der Waals surface area contributed by atoms with Gasteiger partial charge in [0.1, 0.15) is 5.60 Å². The molecule has 2 saturated heterocycles. The zero-order valence-corrected chi connectivity index (χ0v) is 21.8. The number of carbonyl (C=O) groups is 1. The SMILES string of the molecule is CCCCCCCCCCCCCCCC1(O)CC2CCCC(C1)N2C(=O)OC(C)(C)C. The maximum atomic E-state index is 12.7. The molecule has 0 spiro atoms. The molecule has 2 unspecified atom stereocenters. The molecule has 4 heteroatoms. The highest BCUT2D eigenvalue weighted by atomic mass is 16.6. The van der Waals surface area contributed by atoms with Crippen LogP contribution >= 0.6 is 0 Å². The van der Waals surface area contributed by atoms with Crippen LogP contribution < -0.4 is 0 Å². The highest BCUT2D eigenvalue weighted by Crippen LogP contribution is 2.42. The Bertz CT molecular complexity index is 513. The molecule has 2 bridgehead atoms. The van der Waals surface area contributed by atoms with E-state index in [4.69, 9.17) is 4.74 Å². The minimum atomic E-state index is -0.591. The van der Waals surface area contributed by atoms with Gasteiger partial charge in [0.25, 0.3) is 0 Å². The standard InChI is InChI=1S/C28H53NO3/c1-5-6-7-8-9-10-11-12-13-14-15-16-17-21-28(31)22-24-19-18-20-25(23-28)29(24)26(30)32-27(2,3)4/h24-25,31H,5-23H2,1-4H3. The van der Waals surface area contributed by atoms with Crippen molar-refractivity contribution in [1.29, 1.82) is 0 Å². The third-order valence-electron chi connectivity index (χ3n) is 7.44. The molecule has 0 aromatic carbocycles. The molecule has 0 aliphatic carbocycles. The van der Waals surface area contributed by atoms with Crippen molar-refractivity contribution in [2.75, 3.05) is 0 Å². The van der Waals surface area contributed by atoms with E-state index in [0.717, 1.165) is 44.9 Å². The molecular formula is C28H53NO3. The maximum Gasteiger partial charge on any atom is 0.410 e. The van der Waals surface area contributed by atoms with Crippen LogP contribution in [0.1, 0.15) is 150 Å². The Kier molecular flexibility index (Phi) is 11.9. The highest BCUT2D eigenvalue weighted by Gasteiger charge is 2.47. The van der Waals surface area contributed by atoms with Crippen molar-refractivity contribution in [2.24, 2.45) is 0 Å². The topological polar surface area (TPSA) is 49.8 Å². The van der Waals surface area contributed by atoms with E-state index in [1.165, 1.54) is 77.0 Å². The van der Waals surface area contributed by atoms with Gasteiger partial charge in [-0.05, 0) is 59.3 Å². The number of nitrogens with zero attached hydrogens (tertiary/aromatic N) is 1. The minimum Gasteiger partial charge on any atom is -0.444 e. The molecule has 2 rings (SSSR count). The Morgan fingerprint density at radius 3 is 1.72 bits per heavy atom. The van der Waals surface area contributed by atoms with Crippen LogP contribution in [0.15, 0.2) is 0 Å². The number of unbranched alkanes of at least 4 members (excludes halogenated alkanes) is 12. The van der Waals surface area contributed by atoms with Gasteiger partial charge >= 0.3 is 6.09 Å². The van der Waals surface area contributed by atoms with Crippen molar-refractivity contribution < 1.29 is 14.6 Å². The van der Waals surface area contributed by atoms with Crippen LogP contribution in [-0.4, -0.2) is 39.4 Å². The van der Waals surface area contributed by atoms with Gasteiger partial charge in [-0.3, -0.25) is 0 Å². The third kappa shape index (κ3) is 10.0. The lowest BCUT2D eigenvalue weighted by atomic mass is 9.73. The van der Waals surface area contributed by atoms with E-state index in [9.17, 15) is 9.90 Å². The zero-order valence-electron chi connectivity index (χ0n) is 21.8. The molecule has 4 nitrogen and oxygen atoms in total. The molecule has 2 aliphatic rings. The van der Waals surface area contributed by atoms with Crippen molar-refractivity contribution in [3.8, 4) is 0 Å². The lowest BCUT2D eigenvalue weighted by Gasteiger charge is -2.51. The normalized spacial score (nSPS) is 25.7. The number of ether oxygens (including phenoxy) is 1. The van der Waals surface area contributed by atoms with E-state index >= 15 is 0 Å². The predicted octanol–water partition coefficient (Wildman–Crippen LogP) is 8.15. The molecule has 2 fully saturated rings. The zero-order chi connectivity index (χ0) is 23.5. The summed E-state index contributed by atoms with van der Waals surface area (Å²) in [5, 5.41) is 11.3. The number of fused-ring (bicyclic) bond motifs is 2. The summed E-state index contributed by atoms with van der Waals surface area (Å²) in [6.07, 6.45) is 22.9. The summed E-state index contributed by atoms with van der Waals surface area (Å²) in [4.78, 5) is 14.7. The van der Waals surface area contributed by atoms with Crippen molar-refractivity contribution in [1.82, 2.24) is 4.90 Å². The second-order valence-electron chi connectivity index (χ2n) is 11.8. The summed E-state index contributed by atoms with van der Waals surface area (Å²) in [6, 6.07) is 0.286. The molecule has 2 atom stereocenters. The van der Waals surface area contributed by atoms with Crippen molar-refractivity contribution in [2.45, 2.75) is 173 Å². The van der Waals surface area contributed by atoms with Crippen LogP contribution in [0.25, 0.3) is 0 Å². The van der Waals surface area contributed by atoms with E-state index in [0.29, 0.717) is 0 Å². The minimum absolute atomic E-state index is 0.143. The summed E-state index contributed by atoms with van der Waals surface area (Å²) in [5.74, 6) is 0. The first-order valence-corrected chi connectivity index (χ1v) is 14.0. The number of hydrogen-bond acceptors (Lipinski definition) is 3. The van der Waals surface area contributed by atoms with Gasteiger partial charge in [0.2, 0.25) is 0 Å². The fraction of sp³-hybridized carbons (Fsp3) is 0.964. The summed E-state index contributed by atoms with van der Waals surface area (Å²) in [6.45, 7) is 8.06. The lowest BCUT2D eigenvalue weighted by molar-refractivity contribution is -0.0965. The van der Waals surface area contributed by atoms with E-state index in [1.807, 2.05) is 25.7 Å². The predicted molar refractivity (Wildman–Crippen MR) is 134 cm³/mol. The van der Waals surface area contributed by atoms with Gasteiger partial charge in [-0.2, -0.15) is 0 Å². The van der Waals surface area contributed by atoms with Gasteiger partial charge < -0.3 is 14.7 Å². The Morgan fingerprint density at radius 1 is 0.844 bits per heavy atom. The lowest BCUT2D eigenvalue weighted by Crippen LogP contribution is -2.60. The van der Waals surface area contributed by atoms with Gasteiger partial charge in [0.15, 0.2) is 0 Å². The number of amides is 1. The van der Waals surface area contributed by atoms with Crippen LogP contribution in [0, 0.1) is 0 Å². The van der Waals surface area contributed by atoms with Gasteiger partial charge in [0.05, 0.1) is 5.60 Å². The number of carbonyl (C=O) groups excluding carboxylic acids is 1. The van der Waals surface area contributed by atoms with E-state index in [-0.39, 0.29) is 18.2 Å². The molecule has 1 N–H and O–H groups in total. The quantitative estimate of drug-likeness (QED) is 0.271. The van der Waals surface area contributed by atoms with Crippen molar-refractivity contribution in [3.63, 3.8) is 0 Å². The molecule has 2 aliphatic heterocycles. The molecule has 1 amide bonds. The summed E-state index contributed by atoms with van der Waals surface area (Å²) < 4.78 is 5.67. The Labute approximate surface area is 198 Å². The van der Waals surface area contributed by atoms with Crippen LogP contribution in [0.3, 0.4) is 0 Å². The molecule has 0 radical (unpaired) electrons. The van der Waals surface area contributed by atoms with Gasteiger partial charge in [-0.25, -0.2) is 4.79 Å². The second-order valence-corrected chi connectivity index (χ2v) is 11.8. The monoisotopic (exact) mass is 451 g/mol. The number of rotatable bonds is 14. The average molecular weight is 452 g/mol. The largest absolute Gasteiger partial charge is 0.444 e. The van der Waals surface area contributed by atoms with Crippen LogP contribution in [-0.2, 0) is 4.74 Å². The van der Waals surface area contributed by atoms with Gasteiger partial charge in [0, 0.05) is 12.1 Å². The highest BCUT2D eigenvalue weighted by molar-refractivity contribution is 5.69. The number of piperidine rings is 2. The van der Waals surface area contributed by atoms with E-state index in [2.05, 4.69) is 6.92 Å². The van der Waals surface area contributed by atoms with Crippen molar-refractivity contribution in [3.05, 3.63) is 0 Å². The van der Waals surface area contributed by atoms with Crippen LogP contribution in [0.5, 0.6) is 0 Å². The van der Waals surface area contributed by atoms with Crippen LogP contribution in [0.4, 0.5) is 4.79 Å². The van der Waals surface area contributed by atoms with Crippen molar-refractivity contribution >= 4 is 6.09 Å². The first-order valence-electron chi connectivity index (χ1n) is 14.0. The Morgan fingerprint density at radius 2 is 1.28 bits per heavy atom. The molecule has 2 heterocycles. The van der Waals surface area contributed by atoms with E-state index < -0.39 is 11.2 Å². The Balaban J connectivity index is 1.58. The Hall–Kier alpha value is -0.770. The summed E-state index contributed by atoms with van der Waals surface area (Å²) in [7, 11) is 0. The fourth-order valence-corrected chi connectivity index (χ4v) is 5.82. The molecule has 188 valence electrons. The van der Waals surface area contributed by atoms with Gasteiger partial charge in [-0.1, -0.05) is 90.4 Å². The second kappa shape index (κ2) is 13.8. The van der Waals surface area contributed by atoms with E-state index in [1.54, 1.807) is 0 Å². The fourth-order valence-electron chi connectivity index (χ4n) is 5.82. The first kappa shape index (κ1) is 27.5. The number of hydrogen-bond donors (Lipinski definition) is 1. The summed E-state index contributed by atoms with van der Waals surface area (Å²) in [5.41, 5.74) is -1.06. The maximum absolute atomic E-state index is 12.7. The molecular weight excluding hydrogens is 398 g/mol. The van der Waals surface area contributed by atoms with Gasteiger partial charge in [-0.15, -0.1) is 0 Å². The third-order valence-corrected chi connectivity index (χ3v) is 7.44. The smallest absolute Gasteiger partial charge is 0.410 e. The average Bonchev–Trinajstić information content (AvgIpc) is 2.69. The molecule has 32 heavy (non-hydrogen) atoms. The summed E-state index contributed by atoms with van der Waals surface area (Å²) >= 11 is 0. The molecule has 0 aromatic rings. The molecule has 0 aromatic heterocycles.